The third kappa shape index (κ3) is 3.61. The molecule has 0 saturated heterocycles. The third-order valence-corrected chi connectivity index (χ3v) is 3.16. The van der Waals surface area contributed by atoms with Gasteiger partial charge in [-0.2, -0.15) is 0 Å². The van der Waals surface area contributed by atoms with Gasteiger partial charge in [0.15, 0.2) is 0 Å². The summed E-state index contributed by atoms with van der Waals surface area (Å²) in [5.41, 5.74) is 6.72. The molecule has 0 spiro atoms. The molecule has 2 aromatic rings. The molecule has 5 nitrogen and oxygen atoms in total. The van der Waals surface area contributed by atoms with Gasteiger partial charge < -0.3 is 20.7 Å². The zero-order valence-electron chi connectivity index (χ0n) is 11.4. The highest BCUT2D eigenvalue weighted by Crippen LogP contribution is 2.22. The molecule has 1 heterocycles. The highest BCUT2D eigenvalue weighted by molar-refractivity contribution is 5.80. The molecule has 5 heteroatoms. The lowest BCUT2D eigenvalue weighted by atomic mass is 10.0. The summed E-state index contributed by atoms with van der Waals surface area (Å²) < 4.78 is 5.39. The molecule has 2 atom stereocenters. The van der Waals surface area contributed by atoms with Crippen LogP contribution in [0.1, 0.15) is 36.8 Å². The minimum absolute atomic E-state index is 0.0294. The summed E-state index contributed by atoms with van der Waals surface area (Å²) in [7, 11) is 0. The molecule has 2 rings (SSSR count). The van der Waals surface area contributed by atoms with Crippen LogP contribution >= 0.6 is 0 Å². The number of rotatable bonds is 6. The van der Waals surface area contributed by atoms with E-state index in [1.54, 1.807) is 6.26 Å². The standard InChI is InChI=1S/C15H19N3O2/c1-11(14-8-5-9-20-14)17-13(10-15(16)18-19)12-6-3-2-4-7-12/h2-9,11,13,17,19H,10H2,1H3,(H2,16,18). The first-order valence-corrected chi connectivity index (χ1v) is 6.51. The Labute approximate surface area is 118 Å². The van der Waals surface area contributed by atoms with E-state index < -0.39 is 0 Å². The zero-order chi connectivity index (χ0) is 14.4. The topological polar surface area (TPSA) is 83.8 Å². The van der Waals surface area contributed by atoms with Crippen LogP contribution in [0.3, 0.4) is 0 Å². The van der Waals surface area contributed by atoms with E-state index in [-0.39, 0.29) is 17.9 Å². The summed E-state index contributed by atoms with van der Waals surface area (Å²) in [5, 5.41) is 15.3. The van der Waals surface area contributed by atoms with Gasteiger partial charge in [0.05, 0.1) is 12.3 Å². The Morgan fingerprint density at radius 3 is 2.65 bits per heavy atom. The second-order valence-electron chi connectivity index (χ2n) is 4.66. The molecule has 1 aromatic carbocycles. The van der Waals surface area contributed by atoms with Crippen molar-refractivity contribution in [3.63, 3.8) is 0 Å². The molecule has 0 aliphatic carbocycles. The second kappa shape index (κ2) is 6.77. The Hall–Kier alpha value is -2.27. The maximum absolute atomic E-state index is 8.77. The van der Waals surface area contributed by atoms with Crippen molar-refractivity contribution in [2.75, 3.05) is 0 Å². The number of hydrogen-bond donors (Lipinski definition) is 3. The molecule has 4 N–H and O–H groups in total. The maximum Gasteiger partial charge on any atom is 0.141 e. The number of furan rings is 1. The zero-order valence-corrected chi connectivity index (χ0v) is 11.4. The number of nitrogens with zero attached hydrogens (tertiary/aromatic N) is 1. The molecule has 0 amide bonds. The van der Waals surface area contributed by atoms with Crippen molar-refractivity contribution >= 4 is 5.84 Å². The number of amidine groups is 1. The van der Waals surface area contributed by atoms with Crippen molar-refractivity contribution in [3.8, 4) is 0 Å². The van der Waals surface area contributed by atoms with Crippen molar-refractivity contribution in [2.24, 2.45) is 10.9 Å². The molecule has 0 radical (unpaired) electrons. The van der Waals surface area contributed by atoms with E-state index in [2.05, 4.69) is 10.5 Å². The van der Waals surface area contributed by atoms with Crippen LogP contribution in [0, 0.1) is 0 Å². The number of benzene rings is 1. The Kier molecular flexibility index (Phi) is 4.79. The van der Waals surface area contributed by atoms with Crippen molar-refractivity contribution in [1.29, 1.82) is 0 Å². The van der Waals surface area contributed by atoms with Gasteiger partial charge in [-0.25, -0.2) is 0 Å². The van der Waals surface area contributed by atoms with Gasteiger partial charge in [0.1, 0.15) is 11.6 Å². The second-order valence-corrected chi connectivity index (χ2v) is 4.66. The van der Waals surface area contributed by atoms with Gasteiger partial charge in [-0.05, 0) is 24.6 Å². The monoisotopic (exact) mass is 273 g/mol. The van der Waals surface area contributed by atoms with Crippen LogP contribution in [-0.2, 0) is 0 Å². The number of nitrogens with two attached hydrogens (primary N) is 1. The normalized spacial score (nSPS) is 14.9. The summed E-state index contributed by atoms with van der Waals surface area (Å²) in [4.78, 5) is 0. The molecule has 0 saturated carbocycles. The number of nitrogens with one attached hydrogen (secondary N) is 1. The quantitative estimate of drug-likeness (QED) is 0.327. The third-order valence-electron chi connectivity index (χ3n) is 3.16. The van der Waals surface area contributed by atoms with Crippen molar-refractivity contribution in [1.82, 2.24) is 5.32 Å². The van der Waals surface area contributed by atoms with E-state index >= 15 is 0 Å². The highest BCUT2D eigenvalue weighted by Gasteiger charge is 2.18. The van der Waals surface area contributed by atoms with E-state index in [1.165, 1.54) is 0 Å². The van der Waals surface area contributed by atoms with Gasteiger partial charge >= 0.3 is 0 Å². The number of oxime groups is 1. The average Bonchev–Trinajstić information content (AvgIpc) is 3.01. The predicted molar refractivity (Wildman–Crippen MR) is 77.5 cm³/mol. The first-order valence-electron chi connectivity index (χ1n) is 6.51. The molecule has 106 valence electrons. The fourth-order valence-electron chi connectivity index (χ4n) is 2.13. The molecule has 1 aromatic heterocycles. The summed E-state index contributed by atoms with van der Waals surface area (Å²) in [6.45, 7) is 2.01. The first kappa shape index (κ1) is 14.1. The lowest BCUT2D eigenvalue weighted by Crippen LogP contribution is -2.29. The molecule has 2 unspecified atom stereocenters. The van der Waals surface area contributed by atoms with Crippen LogP contribution in [-0.4, -0.2) is 11.0 Å². The van der Waals surface area contributed by atoms with Gasteiger partial charge in [-0.3, -0.25) is 0 Å². The van der Waals surface area contributed by atoms with Crippen LogP contribution in [0.25, 0.3) is 0 Å². The maximum atomic E-state index is 8.77. The van der Waals surface area contributed by atoms with Crippen molar-refractivity contribution in [3.05, 3.63) is 60.1 Å². The molecular weight excluding hydrogens is 254 g/mol. The molecule has 0 bridgehead atoms. The van der Waals surface area contributed by atoms with E-state index in [0.29, 0.717) is 6.42 Å². The van der Waals surface area contributed by atoms with E-state index in [1.807, 2.05) is 49.4 Å². The fraction of sp³-hybridized carbons (Fsp3) is 0.267. The van der Waals surface area contributed by atoms with Gasteiger partial charge in [0, 0.05) is 12.5 Å². The number of hydrogen-bond acceptors (Lipinski definition) is 4. The lowest BCUT2D eigenvalue weighted by molar-refractivity contribution is 0.314. The lowest BCUT2D eigenvalue weighted by Gasteiger charge is -2.22. The SMILES string of the molecule is CC(NC(CC(N)=NO)c1ccccc1)c1ccco1. The minimum atomic E-state index is -0.0489. The molecule has 20 heavy (non-hydrogen) atoms. The minimum Gasteiger partial charge on any atom is -0.468 e. The summed E-state index contributed by atoms with van der Waals surface area (Å²) in [5.74, 6) is 1.04. The Morgan fingerprint density at radius 2 is 2.05 bits per heavy atom. The Bertz CT molecular complexity index is 538. The first-order chi connectivity index (χ1) is 9.70. The van der Waals surface area contributed by atoms with Crippen LogP contribution in [0.4, 0.5) is 0 Å². The predicted octanol–water partition coefficient (Wildman–Crippen LogP) is 2.81. The smallest absolute Gasteiger partial charge is 0.141 e. The Balaban J connectivity index is 2.14. The molecule has 0 aliphatic rings. The van der Waals surface area contributed by atoms with Crippen molar-refractivity contribution in [2.45, 2.75) is 25.4 Å². The molecule has 0 aliphatic heterocycles. The molecule has 0 fully saturated rings. The largest absolute Gasteiger partial charge is 0.468 e. The highest BCUT2D eigenvalue weighted by atomic mass is 16.4. The molecular formula is C15H19N3O2. The fourth-order valence-corrected chi connectivity index (χ4v) is 2.13. The van der Waals surface area contributed by atoms with Gasteiger partial charge in [-0.1, -0.05) is 35.5 Å². The van der Waals surface area contributed by atoms with Crippen LogP contribution in [0.5, 0.6) is 0 Å². The van der Waals surface area contributed by atoms with Crippen LogP contribution in [0.2, 0.25) is 0 Å². The van der Waals surface area contributed by atoms with E-state index in [0.717, 1.165) is 11.3 Å². The van der Waals surface area contributed by atoms with Crippen molar-refractivity contribution < 1.29 is 9.62 Å². The Morgan fingerprint density at radius 1 is 1.30 bits per heavy atom. The van der Waals surface area contributed by atoms with Gasteiger partial charge in [0.2, 0.25) is 0 Å². The van der Waals surface area contributed by atoms with Crippen LogP contribution < -0.4 is 11.1 Å². The van der Waals surface area contributed by atoms with E-state index in [4.69, 9.17) is 15.4 Å². The van der Waals surface area contributed by atoms with Gasteiger partial charge in [-0.15, -0.1) is 0 Å². The summed E-state index contributed by atoms with van der Waals surface area (Å²) in [6.07, 6.45) is 2.07. The van der Waals surface area contributed by atoms with Crippen LogP contribution in [0.15, 0.2) is 58.3 Å². The average molecular weight is 273 g/mol. The van der Waals surface area contributed by atoms with Gasteiger partial charge in [0.25, 0.3) is 0 Å². The summed E-state index contributed by atoms with van der Waals surface area (Å²) in [6, 6.07) is 13.7. The van der Waals surface area contributed by atoms with E-state index in [9.17, 15) is 0 Å². The summed E-state index contributed by atoms with van der Waals surface area (Å²) >= 11 is 0.